The number of morpholine rings is 1. The molecule has 0 radical (unpaired) electrons. The summed E-state index contributed by atoms with van der Waals surface area (Å²) in [6.07, 6.45) is 4.88. The van der Waals surface area contributed by atoms with E-state index in [9.17, 15) is 4.79 Å². The molecule has 0 aromatic carbocycles. The number of aromatic nitrogens is 2. The molecule has 0 aliphatic carbocycles. The zero-order valence-electron chi connectivity index (χ0n) is 13.1. The van der Waals surface area contributed by atoms with E-state index in [1.165, 1.54) is 5.56 Å². The Morgan fingerprint density at radius 3 is 3.00 bits per heavy atom. The van der Waals surface area contributed by atoms with E-state index in [1.54, 1.807) is 17.5 Å². The summed E-state index contributed by atoms with van der Waals surface area (Å²) in [4.78, 5) is 14.3. The topological polar surface area (TPSA) is 59.4 Å². The van der Waals surface area contributed by atoms with E-state index in [-0.39, 0.29) is 5.91 Å². The standard InChI is InChI=1S/C16H22N4O2S/c21-16(2-1-14-3-10-23-13-14)18-15-11-17-20(12-15)5-4-19-6-8-22-9-7-19/h3,10-13H,1-2,4-9H2,(H,18,21). The SMILES string of the molecule is O=C(CCc1ccsc1)Nc1cnn(CCN2CCOCC2)c1. The van der Waals surface area contributed by atoms with E-state index < -0.39 is 0 Å². The Balaban J connectivity index is 1.40. The molecule has 2 aromatic rings. The van der Waals surface area contributed by atoms with Crippen LogP contribution >= 0.6 is 11.3 Å². The van der Waals surface area contributed by atoms with Gasteiger partial charge in [0.05, 0.1) is 31.6 Å². The fourth-order valence-corrected chi connectivity index (χ4v) is 3.24. The zero-order valence-corrected chi connectivity index (χ0v) is 13.9. The zero-order chi connectivity index (χ0) is 15.9. The smallest absolute Gasteiger partial charge is 0.224 e. The number of hydrogen-bond acceptors (Lipinski definition) is 5. The molecule has 1 aliphatic heterocycles. The van der Waals surface area contributed by atoms with Gasteiger partial charge in [-0.1, -0.05) is 0 Å². The summed E-state index contributed by atoms with van der Waals surface area (Å²) >= 11 is 1.66. The molecule has 7 heteroatoms. The maximum atomic E-state index is 12.0. The monoisotopic (exact) mass is 334 g/mol. The number of amides is 1. The predicted octanol–water partition coefficient (Wildman–Crippen LogP) is 1.85. The Kier molecular flexibility index (Phi) is 5.79. The fourth-order valence-electron chi connectivity index (χ4n) is 2.54. The second kappa shape index (κ2) is 8.24. The summed E-state index contributed by atoms with van der Waals surface area (Å²) in [6.45, 7) is 5.36. The van der Waals surface area contributed by atoms with Crippen LogP contribution in [0.5, 0.6) is 0 Å². The molecule has 23 heavy (non-hydrogen) atoms. The highest BCUT2D eigenvalue weighted by molar-refractivity contribution is 7.07. The second-order valence-electron chi connectivity index (χ2n) is 5.63. The lowest BCUT2D eigenvalue weighted by atomic mass is 10.2. The van der Waals surface area contributed by atoms with Gasteiger partial charge in [0.15, 0.2) is 0 Å². The minimum Gasteiger partial charge on any atom is -0.379 e. The van der Waals surface area contributed by atoms with Gasteiger partial charge in [-0.25, -0.2) is 0 Å². The average molecular weight is 334 g/mol. The van der Waals surface area contributed by atoms with Crippen LogP contribution < -0.4 is 5.32 Å². The van der Waals surface area contributed by atoms with E-state index in [2.05, 4.69) is 26.8 Å². The molecular weight excluding hydrogens is 312 g/mol. The van der Waals surface area contributed by atoms with Gasteiger partial charge in [0.1, 0.15) is 0 Å². The molecule has 3 heterocycles. The maximum absolute atomic E-state index is 12.0. The van der Waals surface area contributed by atoms with Crippen molar-refractivity contribution >= 4 is 22.9 Å². The highest BCUT2D eigenvalue weighted by Gasteiger charge is 2.10. The van der Waals surface area contributed by atoms with Crippen LogP contribution in [0.25, 0.3) is 0 Å². The molecule has 1 amide bonds. The van der Waals surface area contributed by atoms with Crippen molar-refractivity contribution in [1.29, 1.82) is 0 Å². The lowest BCUT2D eigenvalue weighted by Gasteiger charge is -2.26. The molecule has 1 fully saturated rings. The number of thiophene rings is 1. The van der Waals surface area contributed by atoms with Gasteiger partial charge < -0.3 is 10.1 Å². The van der Waals surface area contributed by atoms with Crippen LogP contribution in [0.1, 0.15) is 12.0 Å². The van der Waals surface area contributed by atoms with Gasteiger partial charge in [-0.3, -0.25) is 14.4 Å². The maximum Gasteiger partial charge on any atom is 0.224 e. The number of anilines is 1. The van der Waals surface area contributed by atoms with Crippen molar-refractivity contribution < 1.29 is 9.53 Å². The third kappa shape index (κ3) is 5.16. The number of rotatable bonds is 7. The minimum atomic E-state index is 0.0314. The minimum absolute atomic E-state index is 0.0314. The van der Waals surface area contributed by atoms with E-state index in [0.29, 0.717) is 6.42 Å². The van der Waals surface area contributed by atoms with Crippen LogP contribution in [0.3, 0.4) is 0 Å². The third-order valence-corrected chi connectivity index (χ3v) is 4.62. The summed E-state index contributed by atoms with van der Waals surface area (Å²) in [7, 11) is 0. The average Bonchev–Trinajstić information content (AvgIpc) is 3.24. The first-order valence-electron chi connectivity index (χ1n) is 7.93. The first-order valence-corrected chi connectivity index (χ1v) is 8.87. The third-order valence-electron chi connectivity index (χ3n) is 3.89. The summed E-state index contributed by atoms with van der Waals surface area (Å²) in [5.74, 6) is 0.0314. The number of carbonyl (C=O) groups is 1. The Hall–Kier alpha value is -1.70. The van der Waals surface area contributed by atoms with Crippen molar-refractivity contribution in [3.8, 4) is 0 Å². The van der Waals surface area contributed by atoms with E-state index in [4.69, 9.17) is 4.74 Å². The van der Waals surface area contributed by atoms with Gasteiger partial charge in [0, 0.05) is 32.3 Å². The van der Waals surface area contributed by atoms with Gasteiger partial charge in [-0.15, -0.1) is 0 Å². The number of nitrogens with one attached hydrogen (secondary N) is 1. The number of hydrogen-bond donors (Lipinski definition) is 1. The summed E-state index contributed by atoms with van der Waals surface area (Å²) in [5, 5.41) is 11.3. The molecule has 1 N–H and O–H groups in total. The van der Waals surface area contributed by atoms with Crippen LogP contribution in [0, 0.1) is 0 Å². The van der Waals surface area contributed by atoms with Gasteiger partial charge >= 0.3 is 0 Å². The molecule has 0 unspecified atom stereocenters. The van der Waals surface area contributed by atoms with E-state index in [1.807, 2.05) is 16.3 Å². The Morgan fingerprint density at radius 2 is 2.22 bits per heavy atom. The van der Waals surface area contributed by atoms with Crippen LogP contribution in [0.15, 0.2) is 29.2 Å². The number of carbonyl (C=O) groups excluding carboxylic acids is 1. The van der Waals surface area contributed by atoms with E-state index in [0.717, 1.165) is 51.5 Å². The van der Waals surface area contributed by atoms with Crippen molar-refractivity contribution in [3.05, 3.63) is 34.8 Å². The Morgan fingerprint density at radius 1 is 1.35 bits per heavy atom. The lowest BCUT2D eigenvalue weighted by Crippen LogP contribution is -2.38. The highest BCUT2D eigenvalue weighted by Crippen LogP contribution is 2.10. The molecule has 3 rings (SSSR count). The molecule has 0 saturated carbocycles. The molecule has 1 aliphatic rings. The molecule has 2 aromatic heterocycles. The second-order valence-corrected chi connectivity index (χ2v) is 6.41. The molecule has 0 atom stereocenters. The van der Waals surface area contributed by atoms with Crippen LogP contribution in [0.2, 0.25) is 0 Å². The summed E-state index contributed by atoms with van der Waals surface area (Å²) in [5.41, 5.74) is 1.98. The van der Waals surface area contributed by atoms with Gasteiger partial charge in [0.2, 0.25) is 5.91 Å². The van der Waals surface area contributed by atoms with Crippen LogP contribution in [0.4, 0.5) is 5.69 Å². The Bertz CT molecular complexity index is 605. The van der Waals surface area contributed by atoms with Crippen molar-refractivity contribution in [3.63, 3.8) is 0 Å². The number of aryl methyl sites for hydroxylation is 1. The normalized spacial score (nSPS) is 15.7. The molecule has 0 bridgehead atoms. The molecule has 0 spiro atoms. The van der Waals surface area contributed by atoms with Crippen molar-refractivity contribution in [1.82, 2.24) is 14.7 Å². The van der Waals surface area contributed by atoms with Crippen LogP contribution in [-0.4, -0.2) is 53.4 Å². The molecule has 6 nitrogen and oxygen atoms in total. The predicted molar refractivity (Wildman–Crippen MR) is 90.8 cm³/mol. The number of ether oxygens (including phenoxy) is 1. The Labute approximate surface area is 140 Å². The largest absolute Gasteiger partial charge is 0.379 e. The lowest BCUT2D eigenvalue weighted by molar-refractivity contribution is -0.116. The summed E-state index contributed by atoms with van der Waals surface area (Å²) in [6, 6.07) is 2.06. The van der Waals surface area contributed by atoms with Crippen molar-refractivity contribution in [2.75, 3.05) is 38.2 Å². The molecular formula is C16H22N4O2S. The van der Waals surface area contributed by atoms with Crippen LogP contribution in [-0.2, 0) is 22.5 Å². The van der Waals surface area contributed by atoms with E-state index >= 15 is 0 Å². The highest BCUT2D eigenvalue weighted by atomic mass is 32.1. The van der Waals surface area contributed by atoms with Crippen molar-refractivity contribution in [2.45, 2.75) is 19.4 Å². The first-order chi connectivity index (χ1) is 11.3. The van der Waals surface area contributed by atoms with Gasteiger partial charge in [-0.2, -0.15) is 16.4 Å². The molecule has 1 saturated heterocycles. The summed E-state index contributed by atoms with van der Waals surface area (Å²) < 4.78 is 7.22. The van der Waals surface area contributed by atoms with Crippen molar-refractivity contribution in [2.24, 2.45) is 0 Å². The quantitative estimate of drug-likeness (QED) is 0.839. The molecule has 124 valence electrons. The number of nitrogens with zero attached hydrogens (tertiary/aromatic N) is 3. The van der Waals surface area contributed by atoms with Gasteiger partial charge in [-0.05, 0) is 28.8 Å². The van der Waals surface area contributed by atoms with Gasteiger partial charge in [0.25, 0.3) is 0 Å². The fraction of sp³-hybridized carbons (Fsp3) is 0.500. The first kappa shape index (κ1) is 16.2.